The Labute approximate surface area is 49.9 Å². The summed E-state index contributed by atoms with van der Waals surface area (Å²) in [6.07, 6.45) is 1.68. The van der Waals surface area contributed by atoms with Gasteiger partial charge in [-0.1, -0.05) is 0 Å². The highest BCUT2D eigenvalue weighted by molar-refractivity contribution is 5.26. The molecular weight excluding hydrogens is 102 g/mol. The maximum absolute atomic E-state index is 4.80. The van der Waals surface area contributed by atoms with Crippen LogP contribution in [-0.4, -0.2) is 20.4 Å². The van der Waals surface area contributed by atoms with Gasteiger partial charge in [-0.15, -0.1) is 0 Å². The fraction of sp³-hybridized carbons (Fsp3) is 0.500. The zero-order valence-electron chi connectivity index (χ0n) is 5.35. The van der Waals surface area contributed by atoms with E-state index in [1.807, 2.05) is 6.92 Å². The Hall–Kier alpha value is -0.630. The third-order valence-electron chi connectivity index (χ3n) is 0.684. The highest BCUT2D eigenvalue weighted by atomic mass is 16.5. The summed E-state index contributed by atoms with van der Waals surface area (Å²) in [4.78, 5) is 3.56. The van der Waals surface area contributed by atoms with E-state index in [9.17, 15) is 0 Å². The van der Waals surface area contributed by atoms with Gasteiger partial charge < -0.3 is 4.74 Å². The molecule has 0 saturated carbocycles. The van der Waals surface area contributed by atoms with Crippen molar-refractivity contribution in [1.29, 1.82) is 0 Å². The summed E-state index contributed by atoms with van der Waals surface area (Å²) < 4.78 is 4.80. The fourth-order valence-electron chi connectivity index (χ4n) is 0.421. The number of ether oxygens (including phenoxy) is 1. The van der Waals surface area contributed by atoms with E-state index in [4.69, 9.17) is 4.74 Å². The standard InChI is InChI=1S/C6H11NO/c1-6(4-7-2)5-8-3/h4H,2,5H2,1,3H3/b6-4+. The minimum absolute atomic E-state index is 0.638. The SMILES string of the molecule is C=N/C=C(\C)COC. The molecule has 0 rings (SSSR count). The highest BCUT2D eigenvalue weighted by Crippen LogP contribution is 1.90. The molecule has 0 atom stereocenters. The Morgan fingerprint density at radius 1 is 1.88 bits per heavy atom. The van der Waals surface area contributed by atoms with Crippen molar-refractivity contribution in [1.82, 2.24) is 0 Å². The summed E-state index contributed by atoms with van der Waals surface area (Å²) in [5.74, 6) is 0. The monoisotopic (exact) mass is 113 g/mol. The molecule has 0 aromatic rings. The van der Waals surface area contributed by atoms with Crippen molar-refractivity contribution < 1.29 is 4.74 Å². The predicted molar refractivity (Wildman–Crippen MR) is 35.2 cm³/mol. The number of hydrogen-bond donors (Lipinski definition) is 0. The Balaban J connectivity index is 3.44. The number of methoxy groups -OCH3 is 1. The molecule has 46 valence electrons. The van der Waals surface area contributed by atoms with Gasteiger partial charge in [0.1, 0.15) is 0 Å². The van der Waals surface area contributed by atoms with Crippen LogP contribution >= 0.6 is 0 Å². The molecule has 0 heterocycles. The molecule has 0 spiro atoms. The zero-order chi connectivity index (χ0) is 6.41. The van der Waals surface area contributed by atoms with Crippen LogP contribution in [0.4, 0.5) is 0 Å². The second kappa shape index (κ2) is 4.53. The van der Waals surface area contributed by atoms with Gasteiger partial charge in [0.15, 0.2) is 0 Å². The highest BCUT2D eigenvalue weighted by Gasteiger charge is 1.81. The lowest BCUT2D eigenvalue weighted by Gasteiger charge is -1.93. The van der Waals surface area contributed by atoms with Crippen LogP contribution in [0, 0.1) is 0 Å². The van der Waals surface area contributed by atoms with E-state index in [0.29, 0.717) is 6.61 Å². The van der Waals surface area contributed by atoms with Gasteiger partial charge in [-0.3, -0.25) is 4.99 Å². The molecule has 0 bridgehead atoms. The maximum atomic E-state index is 4.80. The summed E-state index contributed by atoms with van der Waals surface area (Å²) in [5.41, 5.74) is 1.09. The van der Waals surface area contributed by atoms with E-state index in [1.165, 1.54) is 0 Å². The van der Waals surface area contributed by atoms with E-state index in [2.05, 4.69) is 11.7 Å². The molecule has 0 N–H and O–H groups in total. The third kappa shape index (κ3) is 3.56. The first-order valence-corrected chi connectivity index (χ1v) is 2.41. The summed E-state index contributed by atoms with van der Waals surface area (Å²) >= 11 is 0. The molecule has 2 nitrogen and oxygen atoms in total. The minimum Gasteiger partial charge on any atom is -0.380 e. The van der Waals surface area contributed by atoms with Gasteiger partial charge in [-0.2, -0.15) is 0 Å². The molecule has 0 aromatic heterocycles. The van der Waals surface area contributed by atoms with E-state index in [0.717, 1.165) is 5.57 Å². The zero-order valence-corrected chi connectivity index (χ0v) is 5.35. The van der Waals surface area contributed by atoms with E-state index in [-0.39, 0.29) is 0 Å². The number of nitrogens with zero attached hydrogens (tertiary/aromatic N) is 1. The van der Waals surface area contributed by atoms with Crippen molar-refractivity contribution in [3.8, 4) is 0 Å². The van der Waals surface area contributed by atoms with Crippen LogP contribution in [0.1, 0.15) is 6.92 Å². The molecule has 0 radical (unpaired) electrons. The van der Waals surface area contributed by atoms with Gasteiger partial charge in [0, 0.05) is 13.3 Å². The Morgan fingerprint density at radius 2 is 2.50 bits per heavy atom. The van der Waals surface area contributed by atoms with Crippen molar-refractivity contribution in [2.75, 3.05) is 13.7 Å². The van der Waals surface area contributed by atoms with Gasteiger partial charge in [-0.05, 0) is 19.2 Å². The number of hydrogen-bond acceptors (Lipinski definition) is 2. The summed E-state index contributed by atoms with van der Waals surface area (Å²) in [7, 11) is 1.65. The largest absolute Gasteiger partial charge is 0.380 e. The Bertz CT molecular complexity index is 96.7. The van der Waals surface area contributed by atoms with Crippen molar-refractivity contribution in [3.05, 3.63) is 11.8 Å². The first-order chi connectivity index (χ1) is 3.81. The van der Waals surface area contributed by atoms with Crippen LogP contribution in [0.3, 0.4) is 0 Å². The van der Waals surface area contributed by atoms with Crippen molar-refractivity contribution in [3.63, 3.8) is 0 Å². The minimum atomic E-state index is 0.638. The van der Waals surface area contributed by atoms with Crippen molar-refractivity contribution in [2.24, 2.45) is 4.99 Å². The smallest absolute Gasteiger partial charge is 0.0688 e. The average molecular weight is 113 g/mol. The van der Waals surface area contributed by atoms with Gasteiger partial charge in [0.25, 0.3) is 0 Å². The van der Waals surface area contributed by atoms with Crippen LogP contribution < -0.4 is 0 Å². The average Bonchev–Trinajstić information content (AvgIpc) is 1.68. The van der Waals surface area contributed by atoms with E-state index >= 15 is 0 Å². The first-order valence-electron chi connectivity index (χ1n) is 2.41. The second-order valence-corrected chi connectivity index (χ2v) is 1.59. The molecular formula is C6H11NO. The second-order valence-electron chi connectivity index (χ2n) is 1.59. The lowest BCUT2D eigenvalue weighted by molar-refractivity contribution is 0.225. The molecule has 0 aliphatic heterocycles. The summed E-state index contributed by atoms with van der Waals surface area (Å²) in [6, 6.07) is 0. The molecule has 0 unspecified atom stereocenters. The van der Waals surface area contributed by atoms with Crippen LogP contribution in [-0.2, 0) is 4.74 Å². The molecule has 0 aliphatic rings. The topological polar surface area (TPSA) is 21.6 Å². The number of aliphatic imine (C=N–C) groups is 1. The summed E-state index contributed by atoms with van der Waals surface area (Å²) in [5, 5.41) is 0. The molecule has 2 heteroatoms. The lowest BCUT2D eigenvalue weighted by Crippen LogP contribution is -1.87. The molecule has 0 fully saturated rings. The van der Waals surface area contributed by atoms with E-state index in [1.54, 1.807) is 13.3 Å². The molecule has 0 aliphatic carbocycles. The van der Waals surface area contributed by atoms with Crippen molar-refractivity contribution >= 4 is 6.72 Å². The van der Waals surface area contributed by atoms with Gasteiger partial charge in [0.2, 0.25) is 0 Å². The summed E-state index contributed by atoms with van der Waals surface area (Å²) in [6.45, 7) is 5.88. The van der Waals surface area contributed by atoms with Gasteiger partial charge >= 0.3 is 0 Å². The van der Waals surface area contributed by atoms with Crippen LogP contribution in [0.5, 0.6) is 0 Å². The lowest BCUT2D eigenvalue weighted by atomic mass is 10.4. The van der Waals surface area contributed by atoms with Crippen LogP contribution in [0.25, 0.3) is 0 Å². The number of rotatable bonds is 3. The third-order valence-corrected chi connectivity index (χ3v) is 0.684. The molecule has 0 saturated heterocycles. The quantitative estimate of drug-likeness (QED) is 0.504. The van der Waals surface area contributed by atoms with E-state index < -0.39 is 0 Å². The van der Waals surface area contributed by atoms with Gasteiger partial charge in [0.05, 0.1) is 6.61 Å². The maximum Gasteiger partial charge on any atom is 0.0688 e. The Morgan fingerprint density at radius 3 is 2.88 bits per heavy atom. The molecule has 0 aromatic carbocycles. The molecule has 8 heavy (non-hydrogen) atoms. The predicted octanol–water partition coefficient (Wildman–Crippen LogP) is 1.24. The Kier molecular flexibility index (Phi) is 4.17. The van der Waals surface area contributed by atoms with Gasteiger partial charge in [-0.25, -0.2) is 0 Å². The van der Waals surface area contributed by atoms with Crippen molar-refractivity contribution in [2.45, 2.75) is 6.92 Å². The molecule has 0 amide bonds. The van der Waals surface area contributed by atoms with Crippen LogP contribution in [0.2, 0.25) is 0 Å². The normalized spacial score (nSPS) is 11.5. The van der Waals surface area contributed by atoms with Crippen LogP contribution in [0.15, 0.2) is 16.8 Å². The first kappa shape index (κ1) is 7.37. The fourth-order valence-corrected chi connectivity index (χ4v) is 0.421.